The van der Waals surface area contributed by atoms with E-state index < -0.39 is 0 Å². The Morgan fingerprint density at radius 1 is 1.09 bits per heavy atom. The molecule has 1 aromatic carbocycles. The Balaban J connectivity index is 0. The molecule has 1 aliphatic carbocycles. The van der Waals surface area contributed by atoms with Crippen molar-refractivity contribution in [2.75, 3.05) is 19.4 Å². The molecule has 0 amide bonds. The number of pyridine rings is 1. The minimum absolute atomic E-state index is 0.180. The van der Waals surface area contributed by atoms with E-state index in [2.05, 4.69) is 99.9 Å². The number of nitrogens with one attached hydrogen (secondary N) is 1. The summed E-state index contributed by atoms with van der Waals surface area (Å²) in [6.07, 6.45) is 14.4. The Bertz CT molecular complexity index is 962. The summed E-state index contributed by atoms with van der Waals surface area (Å²) in [6.45, 7) is 26.1. The van der Waals surface area contributed by atoms with Gasteiger partial charge in [0.2, 0.25) is 0 Å². The summed E-state index contributed by atoms with van der Waals surface area (Å²) in [5.74, 6) is 0.180. The summed E-state index contributed by atoms with van der Waals surface area (Å²) in [7, 11) is 3.48. The summed E-state index contributed by atoms with van der Waals surface area (Å²) in [6, 6.07) is 8.38. The lowest BCUT2D eigenvalue weighted by Crippen LogP contribution is -2.08. The van der Waals surface area contributed by atoms with Crippen LogP contribution in [0.25, 0.3) is 16.5 Å². The zero-order chi connectivity index (χ0) is 26.5. The molecule has 0 aliphatic heterocycles. The minimum Gasteiger partial charge on any atom is -0.386 e. The van der Waals surface area contributed by atoms with Gasteiger partial charge in [0.25, 0.3) is 0 Å². The van der Waals surface area contributed by atoms with Crippen LogP contribution >= 0.6 is 0 Å². The van der Waals surface area contributed by atoms with Crippen molar-refractivity contribution in [1.82, 2.24) is 4.98 Å². The van der Waals surface area contributed by atoms with Gasteiger partial charge in [0.15, 0.2) is 0 Å². The maximum atomic E-state index is 5.01. The summed E-state index contributed by atoms with van der Waals surface area (Å²) in [5.41, 5.74) is 11.4. The molecule has 0 bridgehead atoms. The second-order valence-electron chi connectivity index (χ2n) is 6.50. The average Bonchev–Trinajstić information content (AvgIpc) is 2.95. The second-order valence-corrected chi connectivity index (χ2v) is 6.50. The molecule has 3 N–H and O–H groups in total. The maximum absolute atomic E-state index is 5.01. The first kappa shape index (κ1) is 32.7. The van der Waals surface area contributed by atoms with E-state index in [1.165, 1.54) is 23.6 Å². The van der Waals surface area contributed by atoms with Crippen molar-refractivity contribution in [3.05, 3.63) is 117 Å². The number of rotatable bonds is 6. The van der Waals surface area contributed by atoms with Crippen molar-refractivity contribution in [2.24, 2.45) is 5.73 Å². The number of hydrogen-bond donors (Lipinski definition) is 2. The number of nitrogens with zero attached hydrogens (tertiary/aromatic N) is 1. The lowest BCUT2D eigenvalue weighted by Gasteiger charge is -2.23. The van der Waals surface area contributed by atoms with Crippen LogP contribution in [-0.2, 0) is 0 Å². The predicted octanol–water partition coefficient (Wildman–Crippen LogP) is 8.62. The fourth-order valence-corrected chi connectivity index (χ4v) is 3.66. The Labute approximate surface area is 208 Å². The molecule has 3 nitrogen and oxygen atoms in total. The predicted molar refractivity (Wildman–Crippen MR) is 159 cm³/mol. The van der Waals surface area contributed by atoms with E-state index in [9.17, 15) is 0 Å². The summed E-state index contributed by atoms with van der Waals surface area (Å²) >= 11 is 0. The normalized spacial score (nSPS) is 12.4. The average molecular weight is 460 g/mol. The number of hydrogen-bond acceptors (Lipinski definition) is 3. The number of anilines is 1. The van der Waals surface area contributed by atoms with E-state index in [1.807, 2.05) is 39.1 Å². The van der Waals surface area contributed by atoms with Crippen LogP contribution in [0.4, 0.5) is 5.69 Å². The third-order valence-electron chi connectivity index (χ3n) is 4.98. The molecule has 1 aliphatic rings. The number of fused-ring (bicyclic) bond motifs is 1. The summed E-state index contributed by atoms with van der Waals surface area (Å²) in [4.78, 5) is 5.01. The fourth-order valence-electron chi connectivity index (χ4n) is 3.66. The molecule has 1 heterocycles. The van der Waals surface area contributed by atoms with E-state index in [4.69, 9.17) is 4.98 Å². The molecule has 3 heteroatoms. The number of benzene rings is 1. The number of nitrogens with two attached hydrogens (primary N) is 1. The van der Waals surface area contributed by atoms with Gasteiger partial charge in [0.05, 0.1) is 16.9 Å². The van der Waals surface area contributed by atoms with Gasteiger partial charge in [-0.3, -0.25) is 0 Å². The van der Waals surface area contributed by atoms with E-state index in [1.54, 1.807) is 0 Å². The van der Waals surface area contributed by atoms with E-state index >= 15 is 0 Å². The zero-order valence-corrected chi connectivity index (χ0v) is 22.0. The summed E-state index contributed by atoms with van der Waals surface area (Å²) in [5, 5.41) is 4.62. The first-order chi connectivity index (χ1) is 16.7. The Morgan fingerprint density at radius 3 is 2.21 bits per heavy atom. The minimum atomic E-state index is 0.180. The highest BCUT2D eigenvalue weighted by atomic mass is 14.9. The summed E-state index contributed by atoms with van der Waals surface area (Å²) < 4.78 is 0. The van der Waals surface area contributed by atoms with Crippen molar-refractivity contribution in [3.63, 3.8) is 0 Å². The SMILES string of the molecule is C=C.C=C.C=C/C=C(\C=C)C(C)c1c(NC)c(C2=CC=CCC2)nc2ccccc12.CC.CN. The van der Waals surface area contributed by atoms with Crippen LogP contribution in [0.3, 0.4) is 0 Å². The van der Waals surface area contributed by atoms with E-state index in [0.717, 1.165) is 35.3 Å². The molecule has 0 saturated carbocycles. The highest BCUT2D eigenvalue weighted by molar-refractivity contribution is 5.93. The topological polar surface area (TPSA) is 50.9 Å². The molecule has 1 atom stereocenters. The highest BCUT2D eigenvalue weighted by Gasteiger charge is 2.22. The molecule has 184 valence electrons. The van der Waals surface area contributed by atoms with Gasteiger partial charge >= 0.3 is 0 Å². The van der Waals surface area contributed by atoms with Gasteiger partial charge in [0, 0.05) is 18.4 Å². The van der Waals surface area contributed by atoms with Gasteiger partial charge in [-0.05, 0) is 42.7 Å². The van der Waals surface area contributed by atoms with Gasteiger partial charge in [0.1, 0.15) is 0 Å². The molecule has 0 radical (unpaired) electrons. The molecule has 0 spiro atoms. The molecule has 2 aromatic rings. The van der Waals surface area contributed by atoms with Crippen molar-refractivity contribution in [3.8, 4) is 0 Å². The van der Waals surface area contributed by atoms with Gasteiger partial charge in [-0.2, -0.15) is 0 Å². The molecule has 0 saturated heterocycles. The molecule has 0 fully saturated rings. The molecule has 1 unspecified atom stereocenters. The molecule has 1 aromatic heterocycles. The maximum Gasteiger partial charge on any atom is 0.0903 e. The number of allylic oxidation sites excluding steroid dienone is 8. The van der Waals surface area contributed by atoms with Crippen LogP contribution < -0.4 is 11.1 Å². The monoisotopic (exact) mass is 459 g/mol. The third-order valence-corrected chi connectivity index (χ3v) is 4.98. The molecular weight excluding hydrogens is 414 g/mol. The Morgan fingerprint density at radius 2 is 1.71 bits per heavy atom. The van der Waals surface area contributed by atoms with E-state index in [-0.39, 0.29) is 5.92 Å². The van der Waals surface area contributed by atoms with Crippen LogP contribution in [0.1, 0.15) is 50.8 Å². The highest BCUT2D eigenvalue weighted by Crippen LogP contribution is 2.40. The van der Waals surface area contributed by atoms with Crippen LogP contribution in [-0.4, -0.2) is 19.1 Å². The lowest BCUT2D eigenvalue weighted by molar-refractivity contribution is 0.928. The van der Waals surface area contributed by atoms with E-state index in [0.29, 0.717) is 0 Å². The zero-order valence-electron chi connectivity index (χ0n) is 22.0. The Kier molecular flexibility index (Phi) is 19.5. The number of aromatic nitrogens is 1. The smallest absolute Gasteiger partial charge is 0.0903 e. The second kappa shape index (κ2) is 20.2. The first-order valence-corrected chi connectivity index (χ1v) is 11.7. The van der Waals surface area contributed by atoms with Crippen molar-refractivity contribution >= 4 is 22.2 Å². The molecular formula is C31H45N3. The quantitative estimate of drug-likeness (QED) is 0.336. The van der Waals surface area contributed by atoms with Gasteiger partial charge < -0.3 is 11.1 Å². The van der Waals surface area contributed by atoms with Crippen LogP contribution in [0, 0.1) is 0 Å². The fraction of sp³-hybridized carbons (Fsp3) is 0.258. The number of para-hydroxylation sites is 1. The molecule has 34 heavy (non-hydrogen) atoms. The van der Waals surface area contributed by atoms with Gasteiger partial charge in [-0.25, -0.2) is 4.98 Å². The lowest BCUT2D eigenvalue weighted by atomic mass is 9.86. The van der Waals surface area contributed by atoms with Crippen LogP contribution in [0.15, 0.2) is 106 Å². The first-order valence-electron chi connectivity index (χ1n) is 11.7. The largest absolute Gasteiger partial charge is 0.386 e. The van der Waals surface area contributed by atoms with Crippen molar-refractivity contribution < 1.29 is 0 Å². The van der Waals surface area contributed by atoms with Crippen molar-refractivity contribution in [2.45, 2.75) is 39.5 Å². The Hall–Kier alpha value is -3.43. The van der Waals surface area contributed by atoms with Crippen molar-refractivity contribution in [1.29, 1.82) is 0 Å². The van der Waals surface area contributed by atoms with Gasteiger partial charge in [-0.1, -0.05) is 88.6 Å². The van der Waals surface area contributed by atoms with Crippen LogP contribution in [0.5, 0.6) is 0 Å². The third kappa shape index (κ3) is 8.49. The standard InChI is InChI=1S/C24H26N2.C2H6.2C2H4.CH5N/c1-5-12-18(6-2)17(3)22-20-15-10-11-16-21(20)26-23(24(22)25-4)19-13-8-7-9-14-19;4*1-2/h5-8,10-13,15-17,25H,1-2,9,14H2,3-4H3;1-2H3;2*1-2H2;2H2,1H3/b18-12+;;;;. The molecule has 3 rings (SSSR count). The van der Waals surface area contributed by atoms with Gasteiger partial charge in [-0.15, -0.1) is 26.3 Å². The van der Waals surface area contributed by atoms with Crippen LogP contribution in [0.2, 0.25) is 0 Å².